The molecule has 0 aliphatic carbocycles. The lowest BCUT2D eigenvalue weighted by Gasteiger charge is -2.34. The van der Waals surface area contributed by atoms with Crippen molar-refractivity contribution >= 4 is 23.2 Å². The maximum Gasteiger partial charge on any atom is 0.259 e. The molecule has 0 radical (unpaired) electrons. The normalized spacial score (nSPS) is 17.3. The van der Waals surface area contributed by atoms with Gasteiger partial charge in [0.2, 0.25) is 5.91 Å². The van der Waals surface area contributed by atoms with Crippen LogP contribution in [0.4, 0.5) is 5.69 Å². The van der Waals surface area contributed by atoms with Gasteiger partial charge >= 0.3 is 0 Å². The molecule has 2 aliphatic heterocycles. The zero-order chi connectivity index (χ0) is 21.1. The number of hydrogen-bond donors (Lipinski definition) is 1. The number of carbonyl (C=O) groups is 2. The van der Waals surface area contributed by atoms with E-state index in [0.29, 0.717) is 11.3 Å². The summed E-state index contributed by atoms with van der Waals surface area (Å²) in [5, 5.41) is 2.89. The highest BCUT2D eigenvalue weighted by atomic mass is 16.2. The van der Waals surface area contributed by atoms with Gasteiger partial charge in [-0.2, -0.15) is 0 Å². The average molecular weight is 405 g/mol. The number of amides is 2. The van der Waals surface area contributed by atoms with Crippen LogP contribution in [-0.2, 0) is 11.3 Å². The molecular weight excluding hydrogens is 376 g/mol. The molecule has 0 spiro atoms. The van der Waals surface area contributed by atoms with Crippen molar-refractivity contribution in [3.63, 3.8) is 0 Å². The molecule has 4 rings (SSSR count). The molecule has 0 aromatic heterocycles. The second-order valence-electron chi connectivity index (χ2n) is 7.84. The van der Waals surface area contributed by atoms with Crippen molar-refractivity contribution in [2.75, 3.05) is 44.6 Å². The molecule has 0 unspecified atom stereocenters. The fraction of sp³-hybridized carbons (Fsp3) is 0.333. The van der Waals surface area contributed by atoms with E-state index in [0.717, 1.165) is 50.5 Å². The molecule has 0 saturated carbocycles. The third kappa shape index (κ3) is 4.30. The van der Waals surface area contributed by atoms with Gasteiger partial charge in [-0.05, 0) is 30.3 Å². The summed E-state index contributed by atoms with van der Waals surface area (Å²) in [5.41, 5.74) is 3.92. The smallest absolute Gasteiger partial charge is 0.259 e. The van der Waals surface area contributed by atoms with Crippen LogP contribution in [0.5, 0.6) is 0 Å². The van der Waals surface area contributed by atoms with Gasteiger partial charge in [0.15, 0.2) is 0 Å². The molecule has 156 valence electrons. The molecule has 0 atom stereocenters. The molecule has 0 bridgehead atoms. The second kappa shape index (κ2) is 8.81. The monoisotopic (exact) mass is 404 g/mol. The van der Waals surface area contributed by atoms with E-state index < -0.39 is 0 Å². The summed E-state index contributed by atoms with van der Waals surface area (Å²) in [4.78, 5) is 31.4. The van der Waals surface area contributed by atoms with Gasteiger partial charge < -0.3 is 10.2 Å². The first-order valence-electron chi connectivity index (χ1n) is 10.5. The third-order valence-electron chi connectivity index (χ3n) is 5.90. The molecular formula is C24H28N4O2. The Balaban J connectivity index is 1.30. The average Bonchev–Trinajstić information content (AvgIpc) is 3.01. The van der Waals surface area contributed by atoms with Crippen LogP contribution in [0.25, 0.3) is 5.70 Å². The van der Waals surface area contributed by atoms with Gasteiger partial charge in [0.05, 0.1) is 0 Å². The minimum atomic E-state index is -0.235. The molecule has 1 saturated heterocycles. The standard InChI is InChI=1S/C24H28N4O2/c1-3-26-12-14-27(15-13-26)16-19-8-10-20(11-9-19)25-23(29)17-28-18(2)21-6-4-5-7-22(21)24(28)30/h4-11H,2-3,12-17H2,1H3,(H,25,29). The highest BCUT2D eigenvalue weighted by molar-refractivity contribution is 6.11. The number of benzene rings is 2. The minimum absolute atomic E-state index is 0.0458. The number of anilines is 1. The van der Waals surface area contributed by atoms with Crippen molar-refractivity contribution < 1.29 is 9.59 Å². The topological polar surface area (TPSA) is 55.9 Å². The fourth-order valence-electron chi connectivity index (χ4n) is 4.06. The summed E-state index contributed by atoms with van der Waals surface area (Å²) in [6, 6.07) is 15.3. The number of likely N-dealkylation sites (N-methyl/N-ethyl adjacent to an activating group) is 1. The first kappa shape index (κ1) is 20.3. The molecule has 2 aromatic rings. The van der Waals surface area contributed by atoms with E-state index in [4.69, 9.17) is 0 Å². The Morgan fingerprint density at radius 3 is 2.23 bits per heavy atom. The fourth-order valence-corrected chi connectivity index (χ4v) is 4.06. The molecule has 6 heteroatoms. The summed E-state index contributed by atoms with van der Waals surface area (Å²) < 4.78 is 0. The lowest BCUT2D eigenvalue weighted by Crippen LogP contribution is -2.45. The quantitative estimate of drug-likeness (QED) is 0.804. The van der Waals surface area contributed by atoms with Crippen molar-refractivity contribution in [1.29, 1.82) is 0 Å². The predicted molar refractivity (Wildman–Crippen MR) is 119 cm³/mol. The Morgan fingerprint density at radius 1 is 0.967 bits per heavy atom. The van der Waals surface area contributed by atoms with Gasteiger partial charge in [0.25, 0.3) is 5.91 Å². The Morgan fingerprint density at radius 2 is 1.60 bits per heavy atom. The first-order chi connectivity index (χ1) is 14.5. The van der Waals surface area contributed by atoms with Crippen LogP contribution in [0.1, 0.15) is 28.4 Å². The van der Waals surface area contributed by atoms with Crippen molar-refractivity contribution in [3.05, 3.63) is 71.8 Å². The number of nitrogens with zero attached hydrogens (tertiary/aromatic N) is 3. The lowest BCUT2D eigenvalue weighted by molar-refractivity contribution is -0.116. The number of nitrogens with one attached hydrogen (secondary N) is 1. The van der Waals surface area contributed by atoms with Crippen molar-refractivity contribution in [3.8, 4) is 0 Å². The van der Waals surface area contributed by atoms with E-state index in [1.54, 1.807) is 6.07 Å². The molecule has 1 N–H and O–H groups in total. The highest BCUT2D eigenvalue weighted by Crippen LogP contribution is 2.30. The van der Waals surface area contributed by atoms with E-state index >= 15 is 0 Å². The summed E-state index contributed by atoms with van der Waals surface area (Å²) >= 11 is 0. The Labute approximate surface area is 177 Å². The van der Waals surface area contributed by atoms with Gasteiger partial charge in [-0.3, -0.25) is 19.4 Å². The predicted octanol–water partition coefficient (Wildman–Crippen LogP) is 2.89. The van der Waals surface area contributed by atoms with Gasteiger partial charge in [-0.25, -0.2) is 0 Å². The first-order valence-corrected chi connectivity index (χ1v) is 10.5. The number of rotatable bonds is 6. The van der Waals surface area contributed by atoms with E-state index in [-0.39, 0.29) is 18.4 Å². The summed E-state index contributed by atoms with van der Waals surface area (Å²) in [6.07, 6.45) is 0. The minimum Gasteiger partial charge on any atom is -0.325 e. The molecule has 2 aromatic carbocycles. The number of piperazine rings is 1. The Kier molecular flexibility index (Phi) is 5.97. The molecule has 2 amide bonds. The van der Waals surface area contributed by atoms with Gasteiger partial charge in [0, 0.05) is 55.2 Å². The van der Waals surface area contributed by atoms with Crippen LogP contribution in [-0.4, -0.2) is 65.8 Å². The second-order valence-corrected chi connectivity index (χ2v) is 7.84. The Hall–Kier alpha value is -2.96. The van der Waals surface area contributed by atoms with Crippen LogP contribution in [0.2, 0.25) is 0 Å². The molecule has 6 nitrogen and oxygen atoms in total. The van der Waals surface area contributed by atoms with Crippen LogP contribution >= 0.6 is 0 Å². The van der Waals surface area contributed by atoms with E-state index in [2.05, 4.69) is 40.8 Å². The maximum atomic E-state index is 12.5. The SMILES string of the molecule is C=C1c2ccccc2C(=O)N1CC(=O)Nc1ccc(CN2CCN(CC)CC2)cc1. The lowest BCUT2D eigenvalue weighted by atomic mass is 10.1. The molecule has 30 heavy (non-hydrogen) atoms. The third-order valence-corrected chi connectivity index (χ3v) is 5.90. The van der Waals surface area contributed by atoms with E-state index in [9.17, 15) is 9.59 Å². The van der Waals surface area contributed by atoms with E-state index in [1.807, 2.05) is 30.3 Å². The molecule has 1 fully saturated rings. The van der Waals surface area contributed by atoms with Gasteiger partial charge in [-0.15, -0.1) is 0 Å². The number of carbonyl (C=O) groups excluding carboxylic acids is 2. The van der Waals surface area contributed by atoms with Crippen molar-refractivity contribution in [1.82, 2.24) is 14.7 Å². The van der Waals surface area contributed by atoms with Crippen LogP contribution in [0, 0.1) is 0 Å². The van der Waals surface area contributed by atoms with Crippen LogP contribution in [0.3, 0.4) is 0 Å². The number of fused-ring (bicyclic) bond motifs is 1. The molecule has 2 aliphatic rings. The van der Waals surface area contributed by atoms with Gasteiger partial charge in [0.1, 0.15) is 6.54 Å². The summed E-state index contributed by atoms with van der Waals surface area (Å²) in [5.74, 6) is -0.412. The summed E-state index contributed by atoms with van der Waals surface area (Å²) in [7, 11) is 0. The zero-order valence-corrected chi connectivity index (χ0v) is 17.4. The zero-order valence-electron chi connectivity index (χ0n) is 17.4. The van der Waals surface area contributed by atoms with Crippen molar-refractivity contribution in [2.24, 2.45) is 0 Å². The molecule has 2 heterocycles. The maximum absolute atomic E-state index is 12.5. The van der Waals surface area contributed by atoms with Gasteiger partial charge in [-0.1, -0.05) is 43.8 Å². The highest BCUT2D eigenvalue weighted by Gasteiger charge is 2.31. The largest absolute Gasteiger partial charge is 0.325 e. The van der Waals surface area contributed by atoms with Crippen LogP contribution in [0.15, 0.2) is 55.1 Å². The van der Waals surface area contributed by atoms with Crippen LogP contribution < -0.4 is 5.32 Å². The summed E-state index contributed by atoms with van der Waals surface area (Å²) in [6.45, 7) is 12.6. The Bertz CT molecular complexity index is 911. The number of hydrogen-bond acceptors (Lipinski definition) is 4. The van der Waals surface area contributed by atoms with E-state index in [1.165, 1.54) is 10.5 Å². The van der Waals surface area contributed by atoms with Crippen molar-refractivity contribution in [2.45, 2.75) is 13.5 Å².